The van der Waals surface area contributed by atoms with Crippen LogP contribution in [-0.2, 0) is 0 Å². The first-order chi connectivity index (χ1) is 6.63. The van der Waals surface area contributed by atoms with Gasteiger partial charge in [-0.3, -0.25) is 14.3 Å². The molecule has 0 aliphatic heterocycles. The van der Waals surface area contributed by atoms with Crippen LogP contribution < -0.4 is 11.2 Å². The first-order valence-corrected chi connectivity index (χ1v) is 4.56. The average molecular weight is 196 g/mol. The van der Waals surface area contributed by atoms with E-state index in [1.807, 2.05) is 0 Å². The molecule has 0 aromatic carbocycles. The maximum atomic E-state index is 11.4. The van der Waals surface area contributed by atoms with Crippen molar-refractivity contribution in [1.29, 1.82) is 0 Å². The van der Waals surface area contributed by atoms with Crippen molar-refractivity contribution in [3.63, 3.8) is 0 Å². The van der Waals surface area contributed by atoms with E-state index in [2.05, 4.69) is 4.98 Å². The van der Waals surface area contributed by atoms with Gasteiger partial charge >= 0.3 is 5.69 Å². The lowest BCUT2D eigenvalue weighted by Gasteiger charge is -2.03. The maximum absolute atomic E-state index is 11.4. The lowest BCUT2D eigenvalue weighted by atomic mass is 10.3. The van der Waals surface area contributed by atoms with Crippen LogP contribution in [-0.4, -0.2) is 21.3 Å². The van der Waals surface area contributed by atoms with Gasteiger partial charge in [-0.05, 0) is 13.3 Å². The molecule has 1 aliphatic carbocycles. The Balaban J connectivity index is 2.41. The minimum absolute atomic E-state index is 0.0584. The molecule has 14 heavy (non-hydrogen) atoms. The molecule has 5 heteroatoms. The van der Waals surface area contributed by atoms with Crippen molar-refractivity contribution < 1.29 is 5.11 Å². The van der Waals surface area contributed by atoms with Crippen LogP contribution in [0.2, 0.25) is 0 Å². The van der Waals surface area contributed by atoms with Gasteiger partial charge in [-0.15, -0.1) is 0 Å². The summed E-state index contributed by atoms with van der Waals surface area (Å²) in [5.74, 6) is 0.165. The number of hydrogen-bond acceptors (Lipinski definition) is 3. The van der Waals surface area contributed by atoms with Crippen molar-refractivity contribution in [2.75, 3.05) is 6.61 Å². The highest BCUT2D eigenvalue weighted by Crippen LogP contribution is 2.41. The highest BCUT2D eigenvalue weighted by Gasteiger charge is 2.38. The zero-order valence-electron chi connectivity index (χ0n) is 7.86. The van der Waals surface area contributed by atoms with Gasteiger partial charge in [0, 0.05) is 30.3 Å². The molecule has 1 saturated carbocycles. The largest absolute Gasteiger partial charge is 0.396 e. The maximum Gasteiger partial charge on any atom is 0.328 e. The van der Waals surface area contributed by atoms with E-state index in [9.17, 15) is 9.59 Å². The number of nitrogens with zero attached hydrogens (tertiary/aromatic N) is 1. The molecule has 1 fully saturated rings. The number of aromatic amines is 1. The summed E-state index contributed by atoms with van der Waals surface area (Å²) in [5.41, 5.74) is -0.206. The second-order valence-corrected chi connectivity index (χ2v) is 3.72. The summed E-state index contributed by atoms with van der Waals surface area (Å²) in [4.78, 5) is 24.7. The van der Waals surface area contributed by atoms with E-state index in [-0.39, 0.29) is 29.8 Å². The number of rotatable bonds is 2. The van der Waals surface area contributed by atoms with Gasteiger partial charge in [0.05, 0.1) is 0 Å². The minimum Gasteiger partial charge on any atom is -0.396 e. The van der Waals surface area contributed by atoms with E-state index in [1.54, 1.807) is 13.1 Å². The summed E-state index contributed by atoms with van der Waals surface area (Å²) in [6.45, 7) is 1.75. The topological polar surface area (TPSA) is 75.1 Å². The summed E-state index contributed by atoms with van der Waals surface area (Å²) < 4.78 is 1.50. The molecule has 0 saturated heterocycles. The lowest BCUT2D eigenvalue weighted by molar-refractivity contribution is 0.268. The molecule has 76 valence electrons. The normalized spacial score (nSPS) is 25.0. The molecule has 1 heterocycles. The third kappa shape index (κ3) is 1.39. The van der Waals surface area contributed by atoms with Crippen molar-refractivity contribution >= 4 is 0 Å². The summed E-state index contributed by atoms with van der Waals surface area (Å²) in [7, 11) is 0. The fraction of sp³-hybridized carbons (Fsp3) is 0.556. The summed E-state index contributed by atoms with van der Waals surface area (Å²) >= 11 is 0. The fourth-order valence-electron chi connectivity index (χ4n) is 1.60. The Morgan fingerprint density at radius 2 is 2.36 bits per heavy atom. The fourth-order valence-corrected chi connectivity index (χ4v) is 1.60. The second-order valence-electron chi connectivity index (χ2n) is 3.72. The van der Waals surface area contributed by atoms with Crippen LogP contribution in [0.4, 0.5) is 0 Å². The first kappa shape index (κ1) is 9.21. The second kappa shape index (κ2) is 3.09. The van der Waals surface area contributed by atoms with Crippen LogP contribution in [0.3, 0.4) is 0 Å². The molecule has 1 aromatic heterocycles. The van der Waals surface area contributed by atoms with Gasteiger partial charge in [0.15, 0.2) is 0 Å². The molecule has 5 nitrogen and oxygen atoms in total. The predicted octanol–water partition coefficient (Wildman–Crippen LogP) is -0.602. The average Bonchev–Trinajstić information content (AvgIpc) is 2.90. The summed E-state index contributed by atoms with van der Waals surface area (Å²) in [6.07, 6.45) is 2.36. The van der Waals surface area contributed by atoms with Crippen LogP contribution >= 0.6 is 0 Å². The molecule has 1 aromatic rings. The Bertz CT molecular complexity index is 460. The Kier molecular flexibility index (Phi) is 2.03. The van der Waals surface area contributed by atoms with E-state index in [0.29, 0.717) is 5.56 Å². The van der Waals surface area contributed by atoms with Gasteiger partial charge in [0.2, 0.25) is 0 Å². The molecule has 2 atom stereocenters. The number of aryl methyl sites for hydroxylation is 1. The van der Waals surface area contributed by atoms with Crippen LogP contribution in [0.25, 0.3) is 0 Å². The van der Waals surface area contributed by atoms with Crippen molar-refractivity contribution in [1.82, 2.24) is 9.55 Å². The van der Waals surface area contributed by atoms with Crippen LogP contribution in [0, 0.1) is 12.8 Å². The SMILES string of the molecule is Cc1cn([C@@H]2C[C@H]2CO)c(=O)[nH]c1=O. The number of aliphatic hydroxyl groups is 1. The van der Waals surface area contributed by atoms with Crippen LogP contribution in [0.15, 0.2) is 15.8 Å². The Hall–Kier alpha value is -1.36. The molecule has 2 rings (SSSR count). The van der Waals surface area contributed by atoms with Gasteiger partial charge in [0.25, 0.3) is 5.56 Å². The van der Waals surface area contributed by atoms with E-state index >= 15 is 0 Å². The third-order valence-corrected chi connectivity index (χ3v) is 2.62. The van der Waals surface area contributed by atoms with Gasteiger partial charge in [-0.2, -0.15) is 0 Å². The van der Waals surface area contributed by atoms with Crippen molar-refractivity contribution in [2.45, 2.75) is 19.4 Å². The van der Waals surface area contributed by atoms with Gasteiger partial charge < -0.3 is 5.11 Å². The Labute approximate surface area is 80.0 Å². The quantitative estimate of drug-likeness (QED) is 0.663. The zero-order chi connectivity index (χ0) is 10.3. The van der Waals surface area contributed by atoms with E-state index in [1.165, 1.54) is 4.57 Å². The molecule has 0 amide bonds. The molecule has 1 aliphatic rings. The number of aromatic nitrogens is 2. The highest BCUT2D eigenvalue weighted by atomic mass is 16.3. The summed E-state index contributed by atoms with van der Waals surface area (Å²) in [5, 5.41) is 8.87. The number of H-pyrrole nitrogens is 1. The molecule has 0 radical (unpaired) electrons. The predicted molar refractivity (Wildman–Crippen MR) is 50.3 cm³/mol. The minimum atomic E-state index is -0.387. The van der Waals surface area contributed by atoms with E-state index in [0.717, 1.165) is 6.42 Å². The Morgan fingerprint density at radius 3 is 2.93 bits per heavy atom. The van der Waals surface area contributed by atoms with Gasteiger partial charge in [-0.1, -0.05) is 0 Å². The Morgan fingerprint density at radius 1 is 1.64 bits per heavy atom. The molecular weight excluding hydrogens is 184 g/mol. The van der Waals surface area contributed by atoms with E-state index < -0.39 is 0 Å². The standard InChI is InChI=1S/C9H12N2O3/c1-5-3-11(7-2-6(7)4-12)9(14)10-8(5)13/h3,6-7,12H,2,4H2,1H3,(H,10,13,14)/t6-,7+/m0/s1. The monoisotopic (exact) mass is 196 g/mol. The molecule has 0 bridgehead atoms. The lowest BCUT2D eigenvalue weighted by Crippen LogP contribution is -2.30. The van der Waals surface area contributed by atoms with Crippen molar-refractivity contribution in [3.8, 4) is 0 Å². The van der Waals surface area contributed by atoms with Crippen LogP contribution in [0.5, 0.6) is 0 Å². The number of hydrogen-bond donors (Lipinski definition) is 2. The highest BCUT2D eigenvalue weighted by molar-refractivity contribution is 5.05. The van der Waals surface area contributed by atoms with Gasteiger partial charge in [-0.25, -0.2) is 4.79 Å². The molecular formula is C9H12N2O3. The summed E-state index contributed by atoms with van der Waals surface area (Å²) in [6, 6.07) is 0.0584. The smallest absolute Gasteiger partial charge is 0.328 e. The van der Waals surface area contributed by atoms with E-state index in [4.69, 9.17) is 5.11 Å². The molecule has 2 N–H and O–H groups in total. The van der Waals surface area contributed by atoms with Crippen molar-refractivity contribution in [3.05, 3.63) is 32.6 Å². The molecule has 0 spiro atoms. The van der Waals surface area contributed by atoms with Gasteiger partial charge in [0.1, 0.15) is 0 Å². The number of aliphatic hydroxyl groups excluding tert-OH is 1. The molecule has 0 unspecified atom stereocenters. The van der Waals surface area contributed by atoms with Crippen LogP contribution in [0.1, 0.15) is 18.0 Å². The van der Waals surface area contributed by atoms with Crippen molar-refractivity contribution in [2.24, 2.45) is 5.92 Å². The third-order valence-electron chi connectivity index (χ3n) is 2.62. The zero-order valence-corrected chi connectivity index (χ0v) is 7.86. The number of nitrogens with one attached hydrogen (secondary N) is 1. The first-order valence-electron chi connectivity index (χ1n) is 4.56.